The molecule has 24 heavy (non-hydrogen) atoms. The molecule has 0 bridgehead atoms. The standard InChI is InChI=1S/C15H21ClN2O4S.ClH/c1-22-15(19)12-7-6-11(16)8-14(12)23(20,21)18-13(9-17)10-4-2-3-5-10;/h6-8,10,13,18H,2-5,9,17H2,1H3;1H. The van der Waals surface area contributed by atoms with Crippen molar-refractivity contribution in [1.29, 1.82) is 0 Å². The van der Waals surface area contributed by atoms with Crippen molar-refractivity contribution in [2.24, 2.45) is 11.7 Å². The van der Waals surface area contributed by atoms with E-state index in [-0.39, 0.29) is 46.4 Å². The largest absolute Gasteiger partial charge is 0.465 e. The molecule has 1 aromatic carbocycles. The first-order valence-electron chi connectivity index (χ1n) is 7.49. The van der Waals surface area contributed by atoms with E-state index in [0.29, 0.717) is 0 Å². The predicted molar refractivity (Wildman–Crippen MR) is 95.2 cm³/mol. The van der Waals surface area contributed by atoms with Gasteiger partial charge >= 0.3 is 5.97 Å². The first-order chi connectivity index (χ1) is 10.9. The highest BCUT2D eigenvalue weighted by Crippen LogP contribution is 2.29. The Morgan fingerprint density at radius 2 is 2.04 bits per heavy atom. The molecular formula is C15H22Cl2N2O4S. The Hall–Kier alpha value is -0.860. The topological polar surface area (TPSA) is 98.5 Å². The minimum atomic E-state index is -3.93. The van der Waals surface area contributed by atoms with E-state index in [1.54, 1.807) is 0 Å². The van der Waals surface area contributed by atoms with Gasteiger partial charge in [-0.1, -0.05) is 24.4 Å². The zero-order valence-corrected chi connectivity index (χ0v) is 15.7. The summed E-state index contributed by atoms with van der Waals surface area (Å²) in [5.74, 6) is -0.511. The van der Waals surface area contributed by atoms with Crippen LogP contribution in [0.4, 0.5) is 0 Å². The van der Waals surface area contributed by atoms with Crippen LogP contribution in [0, 0.1) is 5.92 Å². The number of nitrogens with two attached hydrogens (primary N) is 1. The maximum atomic E-state index is 12.7. The van der Waals surface area contributed by atoms with Gasteiger partial charge in [-0.25, -0.2) is 17.9 Å². The summed E-state index contributed by atoms with van der Waals surface area (Å²) in [7, 11) is -2.74. The molecule has 0 heterocycles. The van der Waals surface area contributed by atoms with Crippen molar-refractivity contribution in [2.75, 3.05) is 13.7 Å². The van der Waals surface area contributed by atoms with Gasteiger partial charge in [0.1, 0.15) is 0 Å². The third-order valence-corrected chi connectivity index (χ3v) is 5.93. The summed E-state index contributed by atoms with van der Waals surface area (Å²) in [5, 5.41) is 0.225. The number of carbonyl (C=O) groups is 1. The molecule has 0 radical (unpaired) electrons. The summed E-state index contributed by atoms with van der Waals surface area (Å²) in [6.07, 6.45) is 4.05. The van der Waals surface area contributed by atoms with Gasteiger partial charge in [0, 0.05) is 17.6 Å². The van der Waals surface area contributed by atoms with Crippen LogP contribution in [-0.4, -0.2) is 34.1 Å². The second-order valence-corrected chi connectivity index (χ2v) is 7.76. The molecular weight excluding hydrogens is 375 g/mol. The Balaban J connectivity index is 0.00000288. The molecule has 3 N–H and O–H groups in total. The van der Waals surface area contributed by atoms with E-state index >= 15 is 0 Å². The summed E-state index contributed by atoms with van der Waals surface area (Å²) in [6.45, 7) is 0.206. The lowest BCUT2D eigenvalue weighted by molar-refractivity contribution is 0.0596. The summed E-state index contributed by atoms with van der Waals surface area (Å²) in [4.78, 5) is 11.6. The Kier molecular flexibility index (Phi) is 7.95. The van der Waals surface area contributed by atoms with Crippen molar-refractivity contribution in [3.05, 3.63) is 28.8 Å². The minimum Gasteiger partial charge on any atom is -0.465 e. The quantitative estimate of drug-likeness (QED) is 0.718. The zero-order chi connectivity index (χ0) is 17.0. The number of sulfonamides is 1. The lowest BCUT2D eigenvalue weighted by Gasteiger charge is -2.23. The number of esters is 1. The number of rotatable bonds is 6. The van der Waals surface area contributed by atoms with Crippen LogP contribution in [0.2, 0.25) is 5.02 Å². The van der Waals surface area contributed by atoms with Gasteiger partial charge in [0.25, 0.3) is 0 Å². The lowest BCUT2D eigenvalue weighted by Crippen LogP contribution is -2.44. The molecule has 0 amide bonds. The Morgan fingerprint density at radius 3 is 2.58 bits per heavy atom. The van der Waals surface area contributed by atoms with E-state index in [4.69, 9.17) is 17.3 Å². The summed E-state index contributed by atoms with van der Waals surface area (Å²) >= 11 is 5.90. The highest BCUT2D eigenvalue weighted by Gasteiger charge is 2.30. The van der Waals surface area contributed by atoms with Crippen LogP contribution in [0.15, 0.2) is 23.1 Å². The van der Waals surface area contributed by atoms with E-state index < -0.39 is 16.0 Å². The zero-order valence-electron chi connectivity index (χ0n) is 13.3. The SMILES string of the molecule is COC(=O)c1ccc(Cl)cc1S(=O)(=O)NC(CN)C1CCCC1.Cl. The molecule has 1 saturated carbocycles. The first kappa shape index (κ1) is 21.2. The maximum Gasteiger partial charge on any atom is 0.339 e. The van der Waals surface area contributed by atoms with Crippen molar-refractivity contribution in [3.8, 4) is 0 Å². The van der Waals surface area contributed by atoms with Crippen molar-refractivity contribution in [1.82, 2.24) is 4.72 Å². The summed E-state index contributed by atoms with van der Waals surface area (Å²) < 4.78 is 32.7. The Labute approximate surface area is 153 Å². The van der Waals surface area contributed by atoms with Crippen LogP contribution in [0.1, 0.15) is 36.0 Å². The third kappa shape index (κ3) is 4.83. The highest BCUT2D eigenvalue weighted by molar-refractivity contribution is 7.89. The van der Waals surface area contributed by atoms with Crippen molar-refractivity contribution in [2.45, 2.75) is 36.6 Å². The monoisotopic (exact) mass is 396 g/mol. The van der Waals surface area contributed by atoms with E-state index in [9.17, 15) is 13.2 Å². The molecule has 0 aliphatic heterocycles. The molecule has 1 atom stereocenters. The fourth-order valence-electron chi connectivity index (χ4n) is 2.96. The summed E-state index contributed by atoms with van der Waals surface area (Å²) in [6, 6.07) is 3.69. The van der Waals surface area contributed by atoms with Crippen LogP contribution in [0.5, 0.6) is 0 Å². The van der Waals surface area contributed by atoms with Crippen molar-refractivity contribution < 1.29 is 17.9 Å². The average Bonchev–Trinajstić information content (AvgIpc) is 3.06. The molecule has 1 aliphatic rings. The van der Waals surface area contributed by atoms with E-state index in [2.05, 4.69) is 9.46 Å². The average molecular weight is 397 g/mol. The molecule has 0 saturated heterocycles. The van der Waals surface area contributed by atoms with E-state index in [1.165, 1.54) is 25.3 Å². The van der Waals surface area contributed by atoms with Crippen LogP contribution < -0.4 is 10.5 Å². The van der Waals surface area contributed by atoms with Crippen LogP contribution in [-0.2, 0) is 14.8 Å². The number of benzene rings is 1. The number of carbonyl (C=O) groups excluding carboxylic acids is 1. The van der Waals surface area contributed by atoms with Gasteiger partial charge in [-0.15, -0.1) is 12.4 Å². The number of hydrogen-bond donors (Lipinski definition) is 2. The van der Waals surface area contributed by atoms with Crippen LogP contribution >= 0.6 is 24.0 Å². The lowest BCUT2D eigenvalue weighted by atomic mass is 9.99. The first-order valence-corrected chi connectivity index (χ1v) is 9.35. The molecule has 136 valence electrons. The van der Waals surface area contributed by atoms with E-state index in [1.807, 2.05) is 0 Å². The van der Waals surface area contributed by atoms with Gasteiger partial charge in [-0.05, 0) is 37.0 Å². The number of nitrogens with one attached hydrogen (secondary N) is 1. The van der Waals surface area contributed by atoms with Crippen LogP contribution in [0.3, 0.4) is 0 Å². The number of ether oxygens (including phenoxy) is 1. The second kappa shape index (κ2) is 9.01. The van der Waals surface area contributed by atoms with E-state index in [0.717, 1.165) is 25.7 Å². The molecule has 2 rings (SSSR count). The van der Waals surface area contributed by atoms with Gasteiger partial charge in [-0.2, -0.15) is 0 Å². The van der Waals surface area contributed by atoms with Crippen LogP contribution in [0.25, 0.3) is 0 Å². The molecule has 1 aliphatic carbocycles. The molecule has 1 fully saturated rings. The molecule has 1 aromatic rings. The molecule has 6 nitrogen and oxygen atoms in total. The predicted octanol–water partition coefficient (Wildman–Crippen LogP) is 2.34. The Morgan fingerprint density at radius 1 is 1.42 bits per heavy atom. The fourth-order valence-corrected chi connectivity index (χ4v) is 4.73. The van der Waals surface area contributed by atoms with Gasteiger partial charge in [-0.3, -0.25) is 0 Å². The molecule has 0 aromatic heterocycles. The Bertz CT molecular complexity index is 676. The number of methoxy groups -OCH3 is 1. The van der Waals surface area contributed by atoms with Crippen molar-refractivity contribution >= 4 is 40.0 Å². The smallest absolute Gasteiger partial charge is 0.339 e. The maximum absolute atomic E-state index is 12.7. The normalized spacial score (nSPS) is 16.5. The van der Waals surface area contributed by atoms with Gasteiger partial charge in [0.05, 0.1) is 17.6 Å². The number of hydrogen-bond acceptors (Lipinski definition) is 5. The minimum absolute atomic E-state index is 0. The highest BCUT2D eigenvalue weighted by atomic mass is 35.5. The third-order valence-electron chi connectivity index (χ3n) is 4.17. The molecule has 1 unspecified atom stereocenters. The van der Waals surface area contributed by atoms with Gasteiger partial charge in [0.2, 0.25) is 10.0 Å². The van der Waals surface area contributed by atoms with Crippen molar-refractivity contribution in [3.63, 3.8) is 0 Å². The molecule has 9 heteroatoms. The van der Waals surface area contributed by atoms with Gasteiger partial charge < -0.3 is 10.5 Å². The summed E-state index contributed by atoms with van der Waals surface area (Å²) in [5.41, 5.74) is 5.70. The number of halogens is 2. The second-order valence-electron chi connectivity index (χ2n) is 5.64. The fraction of sp³-hybridized carbons (Fsp3) is 0.533. The van der Waals surface area contributed by atoms with Gasteiger partial charge in [0.15, 0.2) is 0 Å². The molecule has 0 spiro atoms.